The number of aromatic nitrogens is 4. The smallest absolute Gasteiger partial charge is 0.481 e. The van der Waals surface area contributed by atoms with Gasteiger partial charge in [-0.2, -0.15) is 4.31 Å². The molecule has 0 saturated carbocycles. The second-order valence-electron chi connectivity index (χ2n) is 13.8. The van der Waals surface area contributed by atoms with Crippen molar-refractivity contribution in [1.82, 2.24) is 30.2 Å². The summed E-state index contributed by atoms with van der Waals surface area (Å²) in [5, 5.41) is 45.7. The Morgan fingerprint density at radius 3 is 2.30 bits per heavy atom. The first kappa shape index (κ1) is 49.2. The molecule has 3 unspecified atom stereocenters. The van der Waals surface area contributed by atoms with Crippen LogP contribution in [0.3, 0.4) is 0 Å². The number of imidazole rings is 1. The van der Waals surface area contributed by atoms with Crippen LogP contribution < -0.4 is 16.4 Å². The minimum Gasteiger partial charge on any atom is -0.508 e. The maximum atomic E-state index is 12.7. The number of aromatic hydroxyl groups is 1. The summed E-state index contributed by atoms with van der Waals surface area (Å²) in [6.45, 7) is 1.43. The number of aliphatic hydroxyl groups is 3. The number of thioether (sulfide) groups is 1. The Morgan fingerprint density at radius 1 is 1.00 bits per heavy atom. The molecule has 1 aromatic carbocycles. The summed E-state index contributed by atoms with van der Waals surface area (Å²) >= 11 is 0.764. The molecule has 1 aliphatic heterocycles. The second-order valence-corrected chi connectivity index (χ2v) is 19.1. The molecular formula is C30H44N7O19P3S. The number of fused-ring (bicyclic) bond motifs is 1. The van der Waals surface area contributed by atoms with Crippen LogP contribution in [-0.4, -0.2) is 133 Å². The lowest BCUT2D eigenvalue weighted by Gasteiger charge is -2.30. The molecule has 30 heteroatoms. The summed E-state index contributed by atoms with van der Waals surface area (Å²) in [6.07, 6.45) is -7.13. The minimum absolute atomic E-state index is 0.0187. The lowest BCUT2D eigenvalue weighted by molar-refractivity contribution is -0.137. The third-order valence-corrected chi connectivity index (χ3v) is 12.7. The SMILES string of the molecule is CC(O)(C(=O)SCCNC(=O)CCNC(=O)[C@H](O)C(C)(C)COP(=O)(O)OP(=O)(O)OC[C@H]1O[C@@H](n2cnc3c(N)ncnc32)[C@H](O)[C@@H]1OP(=O)(O)O)c1ccc(O)cc1. The molecule has 3 heterocycles. The average Bonchev–Trinajstić information content (AvgIpc) is 3.71. The van der Waals surface area contributed by atoms with Crippen molar-refractivity contribution < 1.29 is 90.7 Å². The maximum absolute atomic E-state index is 12.7. The number of phosphoric ester groups is 3. The first-order valence-corrected chi connectivity index (χ1v) is 22.8. The number of hydrogen-bond donors (Lipinski definition) is 11. The Balaban J connectivity index is 1.22. The third kappa shape index (κ3) is 13.3. The highest BCUT2D eigenvalue weighted by Crippen LogP contribution is 2.61. The molecule has 3 aromatic rings. The zero-order valence-electron chi connectivity index (χ0n) is 31.8. The summed E-state index contributed by atoms with van der Waals surface area (Å²) in [6, 6.07) is 5.44. The third-order valence-electron chi connectivity index (χ3n) is 8.56. The molecule has 1 saturated heterocycles. The minimum atomic E-state index is -5.60. The number of phenols is 1. The fourth-order valence-corrected chi connectivity index (χ4v) is 8.94. The number of carbonyl (C=O) groups is 3. The molecule has 0 spiro atoms. The van der Waals surface area contributed by atoms with E-state index in [1.54, 1.807) is 0 Å². The monoisotopic (exact) mass is 931 g/mol. The number of phenolic OH excluding ortho intramolecular Hbond substituents is 1. The van der Waals surface area contributed by atoms with Crippen molar-refractivity contribution in [3.8, 4) is 5.75 Å². The molecule has 0 aliphatic carbocycles. The van der Waals surface area contributed by atoms with Gasteiger partial charge in [0, 0.05) is 30.7 Å². The van der Waals surface area contributed by atoms with E-state index in [1.807, 2.05) is 0 Å². The number of phosphoric acid groups is 3. The van der Waals surface area contributed by atoms with Crippen LogP contribution in [0.15, 0.2) is 36.9 Å². The van der Waals surface area contributed by atoms with E-state index in [2.05, 4.69) is 34.4 Å². The van der Waals surface area contributed by atoms with Crippen molar-refractivity contribution in [1.29, 1.82) is 0 Å². The van der Waals surface area contributed by atoms with E-state index in [0.717, 1.165) is 29.0 Å². The number of amides is 2. The van der Waals surface area contributed by atoms with Crippen LogP contribution in [0.1, 0.15) is 39.0 Å². The molecular weight excluding hydrogens is 887 g/mol. The van der Waals surface area contributed by atoms with Crippen LogP contribution in [0.4, 0.5) is 5.82 Å². The Labute approximate surface area is 344 Å². The van der Waals surface area contributed by atoms with Crippen molar-refractivity contribution in [3.05, 3.63) is 42.5 Å². The standard InChI is InChI=1S/C30H44N7O19P3S/c1-29(2,23(41)26(42)33-9-8-19(39)32-10-11-60-28(43)30(3,44)16-4-6-17(38)7-5-16)13-53-59(50,51)56-58(48,49)52-12-18-22(55-57(45,46)47)21(40)27(54-18)37-15-36-20-24(31)34-14-35-25(20)37/h4-7,14-15,18,21-23,27,38,40-41,44H,8-13H2,1-3H3,(H,32,39)(H,33,42)(H,48,49)(H,50,51)(H2,31,34,35)(H2,45,46,47)/t18-,21-,22-,23+,27-,30?/m1/s1. The van der Waals surface area contributed by atoms with Gasteiger partial charge in [-0.1, -0.05) is 37.7 Å². The molecule has 0 radical (unpaired) electrons. The van der Waals surface area contributed by atoms with E-state index in [0.29, 0.717) is 0 Å². The Hall–Kier alpha value is -3.46. The number of rotatable bonds is 21. The second kappa shape index (κ2) is 19.7. The normalized spacial score (nSPS) is 22.0. The largest absolute Gasteiger partial charge is 0.508 e. The highest BCUT2D eigenvalue weighted by Gasteiger charge is 2.50. The van der Waals surface area contributed by atoms with Gasteiger partial charge in [-0.15, -0.1) is 0 Å². The van der Waals surface area contributed by atoms with E-state index in [1.165, 1.54) is 45.0 Å². The Morgan fingerprint density at radius 2 is 1.65 bits per heavy atom. The van der Waals surface area contributed by atoms with Gasteiger partial charge in [0.25, 0.3) is 0 Å². The molecule has 1 fully saturated rings. The van der Waals surface area contributed by atoms with Crippen molar-refractivity contribution in [2.45, 2.75) is 63.4 Å². The summed E-state index contributed by atoms with van der Waals surface area (Å²) in [7, 11) is -16.5. The Bertz CT molecular complexity index is 2160. The van der Waals surface area contributed by atoms with Gasteiger partial charge in [-0.3, -0.25) is 32.5 Å². The van der Waals surface area contributed by atoms with Gasteiger partial charge in [-0.25, -0.2) is 28.6 Å². The summed E-state index contributed by atoms with van der Waals surface area (Å²) < 4.78 is 62.1. The topological polar surface area (TPSA) is 404 Å². The summed E-state index contributed by atoms with van der Waals surface area (Å²) in [5.74, 6) is -1.56. The lowest BCUT2D eigenvalue weighted by Crippen LogP contribution is -2.46. The van der Waals surface area contributed by atoms with Gasteiger partial charge in [0.15, 0.2) is 23.3 Å². The molecule has 4 rings (SSSR count). The van der Waals surface area contributed by atoms with Gasteiger partial charge < -0.3 is 61.1 Å². The lowest BCUT2D eigenvalue weighted by atomic mass is 9.87. The average molecular weight is 932 g/mol. The number of anilines is 1. The van der Waals surface area contributed by atoms with Gasteiger partial charge in [0.05, 0.1) is 19.5 Å². The molecule has 2 amide bonds. The van der Waals surface area contributed by atoms with E-state index in [9.17, 15) is 68.1 Å². The van der Waals surface area contributed by atoms with Crippen LogP contribution in [-0.2, 0) is 56.3 Å². The van der Waals surface area contributed by atoms with Crippen molar-refractivity contribution in [3.63, 3.8) is 0 Å². The van der Waals surface area contributed by atoms with Crippen LogP contribution in [0.2, 0.25) is 0 Å². The fourth-order valence-electron chi connectivity index (χ4n) is 5.32. The maximum Gasteiger partial charge on any atom is 0.481 e. The Kier molecular flexibility index (Phi) is 16.2. The number of hydrogen-bond acceptors (Lipinski definition) is 20. The number of aliphatic hydroxyl groups excluding tert-OH is 2. The zero-order valence-corrected chi connectivity index (χ0v) is 35.3. The van der Waals surface area contributed by atoms with Gasteiger partial charge >= 0.3 is 23.5 Å². The predicted octanol–water partition coefficient (Wildman–Crippen LogP) is -0.722. The number of carbonyl (C=O) groups excluding carboxylic acids is 3. The highest BCUT2D eigenvalue weighted by atomic mass is 32.2. The van der Waals surface area contributed by atoms with Crippen molar-refractivity contribution >= 4 is 69.1 Å². The van der Waals surface area contributed by atoms with Gasteiger partial charge in [0.1, 0.15) is 42.0 Å². The van der Waals surface area contributed by atoms with E-state index in [-0.39, 0.29) is 53.6 Å². The van der Waals surface area contributed by atoms with E-state index < -0.39 is 95.3 Å². The van der Waals surface area contributed by atoms with Crippen LogP contribution in [0, 0.1) is 5.41 Å². The van der Waals surface area contributed by atoms with Crippen LogP contribution in [0.5, 0.6) is 5.75 Å². The van der Waals surface area contributed by atoms with Crippen LogP contribution in [0.25, 0.3) is 11.2 Å². The predicted molar refractivity (Wildman–Crippen MR) is 205 cm³/mol. The van der Waals surface area contributed by atoms with Gasteiger partial charge in [-0.05, 0) is 24.6 Å². The van der Waals surface area contributed by atoms with Crippen molar-refractivity contribution in [2.75, 3.05) is 37.8 Å². The van der Waals surface area contributed by atoms with E-state index >= 15 is 0 Å². The summed E-state index contributed by atoms with van der Waals surface area (Å²) in [4.78, 5) is 88.3. The number of ether oxygens (including phenoxy) is 1. The molecule has 334 valence electrons. The number of benzene rings is 1. The van der Waals surface area contributed by atoms with Gasteiger partial charge in [0.2, 0.25) is 16.9 Å². The van der Waals surface area contributed by atoms with Crippen molar-refractivity contribution in [2.24, 2.45) is 5.41 Å². The molecule has 0 bridgehead atoms. The molecule has 60 heavy (non-hydrogen) atoms. The molecule has 26 nitrogen and oxygen atoms in total. The quantitative estimate of drug-likeness (QED) is 0.0464. The molecule has 2 aromatic heterocycles. The van der Waals surface area contributed by atoms with Crippen LogP contribution >= 0.6 is 35.2 Å². The number of nitrogen functional groups attached to an aromatic ring is 1. The zero-order chi connectivity index (χ0) is 44.8. The summed E-state index contributed by atoms with van der Waals surface area (Å²) in [5.41, 5.74) is 2.61. The fraction of sp³-hybridized carbons (Fsp3) is 0.533. The van der Waals surface area contributed by atoms with E-state index in [4.69, 9.17) is 19.5 Å². The molecule has 1 aliphatic rings. The first-order valence-electron chi connectivity index (χ1n) is 17.3. The highest BCUT2D eigenvalue weighted by molar-refractivity contribution is 8.13. The molecule has 8 atom stereocenters. The number of nitrogens with zero attached hydrogens (tertiary/aromatic N) is 4. The number of nitrogens with two attached hydrogens (primary N) is 1. The first-order chi connectivity index (χ1) is 27.7. The number of nitrogens with one attached hydrogen (secondary N) is 2. The molecule has 12 N–H and O–H groups in total.